The van der Waals surface area contributed by atoms with Crippen molar-refractivity contribution < 1.29 is 8.91 Å². The quantitative estimate of drug-likeness (QED) is 0.498. The van der Waals surface area contributed by atoms with Gasteiger partial charge in [0.2, 0.25) is 0 Å². The number of benzene rings is 1. The summed E-state index contributed by atoms with van der Waals surface area (Å²) in [5.41, 5.74) is 2.81. The van der Waals surface area contributed by atoms with Crippen LogP contribution in [0.5, 0.6) is 0 Å². The maximum Gasteiger partial charge on any atom is 0.191 e. The summed E-state index contributed by atoms with van der Waals surface area (Å²) in [6.45, 7) is 1.22. The van der Waals surface area contributed by atoms with Crippen LogP contribution >= 0.6 is 0 Å². The first kappa shape index (κ1) is 15.1. The maximum atomic E-state index is 13.4. The zero-order chi connectivity index (χ0) is 16.1. The van der Waals surface area contributed by atoms with E-state index in [4.69, 9.17) is 4.52 Å². The van der Waals surface area contributed by atoms with Gasteiger partial charge in [-0.15, -0.1) is 0 Å². The molecule has 0 saturated carbocycles. The van der Waals surface area contributed by atoms with Crippen molar-refractivity contribution >= 4 is 16.9 Å². The number of nitrogens with zero attached hydrogens (tertiary/aromatic N) is 2. The zero-order valence-corrected chi connectivity index (χ0v) is 12.8. The van der Waals surface area contributed by atoms with E-state index in [0.29, 0.717) is 19.0 Å². The predicted molar refractivity (Wildman–Crippen MR) is 86.7 cm³/mol. The summed E-state index contributed by atoms with van der Waals surface area (Å²) < 4.78 is 18.1. The Hall–Kier alpha value is -2.83. The topological polar surface area (TPSA) is 78.2 Å². The molecule has 3 rings (SSSR count). The highest BCUT2D eigenvalue weighted by atomic mass is 19.1. The number of guanidine groups is 1. The Morgan fingerprint density at radius 1 is 1.35 bits per heavy atom. The van der Waals surface area contributed by atoms with Crippen molar-refractivity contribution in [3.63, 3.8) is 0 Å². The molecule has 0 radical (unpaired) electrons. The summed E-state index contributed by atoms with van der Waals surface area (Å²) in [7, 11) is 1.71. The van der Waals surface area contributed by atoms with Gasteiger partial charge in [-0.1, -0.05) is 5.16 Å². The molecule has 0 amide bonds. The third-order valence-electron chi connectivity index (χ3n) is 3.57. The smallest absolute Gasteiger partial charge is 0.191 e. The SMILES string of the molecule is CN=C(NCCc1c[nH]c2ccc(F)cc12)NCc1ccon1. The molecule has 0 aliphatic rings. The average molecular weight is 315 g/mol. The average Bonchev–Trinajstić information content (AvgIpc) is 3.20. The van der Waals surface area contributed by atoms with Gasteiger partial charge < -0.3 is 20.1 Å². The Bertz CT molecular complexity index is 794. The van der Waals surface area contributed by atoms with E-state index in [1.54, 1.807) is 25.2 Å². The Morgan fingerprint density at radius 2 is 2.26 bits per heavy atom. The molecule has 23 heavy (non-hydrogen) atoms. The lowest BCUT2D eigenvalue weighted by Crippen LogP contribution is -2.37. The Balaban J connectivity index is 1.54. The summed E-state index contributed by atoms with van der Waals surface area (Å²) in [5.74, 6) is 0.454. The summed E-state index contributed by atoms with van der Waals surface area (Å²) in [5, 5.41) is 11.1. The number of hydrogen-bond acceptors (Lipinski definition) is 3. The van der Waals surface area contributed by atoms with Gasteiger partial charge in [-0.2, -0.15) is 0 Å². The zero-order valence-electron chi connectivity index (χ0n) is 12.8. The Labute approximate surface area is 132 Å². The van der Waals surface area contributed by atoms with Gasteiger partial charge in [-0.3, -0.25) is 4.99 Å². The van der Waals surface area contributed by atoms with E-state index < -0.39 is 0 Å². The van der Waals surface area contributed by atoms with Crippen molar-refractivity contribution in [1.82, 2.24) is 20.8 Å². The predicted octanol–water partition coefficient (Wildman–Crippen LogP) is 2.20. The van der Waals surface area contributed by atoms with Gasteiger partial charge in [0.15, 0.2) is 5.96 Å². The number of aliphatic imine (C=N–C) groups is 1. The maximum absolute atomic E-state index is 13.4. The molecule has 3 aromatic rings. The second-order valence-corrected chi connectivity index (χ2v) is 5.10. The first-order valence-corrected chi connectivity index (χ1v) is 7.35. The number of hydrogen-bond donors (Lipinski definition) is 3. The number of nitrogens with one attached hydrogen (secondary N) is 3. The van der Waals surface area contributed by atoms with Gasteiger partial charge in [0.25, 0.3) is 0 Å². The molecule has 3 N–H and O–H groups in total. The standard InChI is InChI=1S/C16H18FN5O/c1-18-16(21-10-13-5-7-23-22-13)19-6-4-11-9-20-15-3-2-12(17)8-14(11)15/h2-3,5,7-9,20H,4,6,10H2,1H3,(H2,18,19,21). The lowest BCUT2D eigenvalue weighted by Gasteiger charge is -2.10. The van der Waals surface area contributed by atoms with E-state index in [9.17, 15) is 4.39 Å². The highest BCUT2D eigenvalue weighted by Crippen LogP contribution is 2.19. The summed E-state index contributed by atoms with van der Waals surface area (Å²) in [6, 6.07) is 6.55. The molecular weight excluding hydrogens is 297 g/mol. The number of rotatable bonds is 5. The van der Waals surface area contributed by atoms with Crippen molar-refractivity contribution in [2.75, 3.05) is 13.6 Å². The number of H-pyrrole nitrogens is 1. The summed E-state index contributed by atoms with van der Waals surface area (Å²) in [6.07, 6.45) is 4.20. The molecule has 0 bridgehead atoms. The normalized spacial score (nSPS) is 11.8. The van der Waals surface area contributed by atoms with Crippen LogP contribution in [-0.2, 0) is 13.0 Å². The number of fused-ring (bicyclic) bond motifs is 1. The van der Waals surface area contributed by atoms with Crippen LogP contribution in [0.4, 0.5) is 4.39 Å². The van der Waals surface area contributed by atoms with E-state index in [-0.39, 0.29) is 5.82 Å². The molecule has 0 atom stereocenters. The molecule has 120 valence electrons. The van der Waals surface area contributed by atoms with Crippen LogP contribution in [0.15, 0.2) is 46.2 Å². The van der Waals surface area contributed by atoms with Crippen LogP contribution in [0.2, 0.25) is 0 Å². The largest absolute Gasteiger partial charge is 0.364 e. The van der Waals surface area contributed by atoms with Crippen molar-refractivity contribution in [3.8, 4) is 0 Å². The van der Waals surface area contributed by atoms with E-state index in [0.717, 1.165) is 28.6 Å². The number of aromatic nitrogens is 2. The molecular formula is C16H18FN5O. The highest BCUT2D eigenvalue weighted by Gasteiger charge is 2.05. The molecule has 0 spiro atoms. The van der Waals surface area contributed by atoms with E-state index in [1.807, 2.05) is 6.20 Å². The fourth-order valence-corrected chi connectivity index (χ4v) is 2.40. The molecule has 1 aromatic carbocycles. The minimum absolute atomic E-state index is 0.226. The minimum Gasteiger partial charge on any atom is -0.364 e. The molecule has 0 aliphatic heterocycles. The van der Waals surface area contributed by atoms with Crippen LogP contribution < -0.4 is 10.6 Å². The highest BCUT2D eigenvalue weighted by molar-refractivity contribution is 5.83. The van der Waals surface area contributed by atoms with Crippen LogP contribution in [0, 0.1) is 5.82 Å². The second kappa shape index (κ2) is 6.95. The first-order valence-electron chi connectivity index (χ1n) is 7.35. The fourth-order valence-electron chi connectivity index (χ4n) is 2.40. The Kier molecular flexibility index (Phi) is 4.56. The lowest BCUT2D eigenvalue weighted by atomic mass is 10.1. The van der Waals surface area contributed by atoms with Crippen molar-refractivity contribution in [2.45, 2.75) is 13.0 Å². The lowest BCUT2D eigenvalue weighted by molar-refractivity contribution is 0.410. The van der Waals surface area contributed by atoms with Gasteiger partial charge in [-0.05, 0) is 30.2 Å². The van der Waals surface area contributed by atoms with E-state index in [2.05, 4.69) is 25.8 Å². The van der Waals surface area contributed by atoms with Crippen LogP contribution in [0.3, 0.4) is 0 Å². The molecule has 7 heteroatoms. The van der Waals surface area contributed by atoms with Crippen LogP contribution in [-0.4, -0.2) is 29.7 Å². The van der Waals surface area contributed by atoms with Crippen molar-refractivity contribution in [2.24, 2.45) is 4.99 Å². The second-order valence-electron chi connectivity index (χ2n) is 5.10. The minimum atomic E-state index is -0.226. The Morgan fingerprint density at radius 3 is 3.04 bits per heavy atom. The third-order valence-corrected chi connectivity index (χ3v) is 3.57. The molecule has 6 nitrogen and oxygen atoms in total. The van der Waals surface area contributed by atoms with Gasteiger partial charge in [0.05, 0.1) is 6.54 Å². The number of aromatic amines is 1. The van der Waals surface area contributed by atoms with E-state index in [1.165, 1.54) is 12.3 Å². The van der Waals surface area contributed by atoms with Gasteiger partial charge in [0.1, 0.15) is 17.8 Å². The van der Waals surface area contributed by atoms with E-state index >= 15 is 0 Å². The summed E-state index contributed by atoms with van der Waals surface area (Å²) in [4.78, 5) is 7.30. The molecule has 0 fully saturated rings. The summed E-state index contributed by atoms with van der Waals surface area (Å²) >= 11 is 0. The van der Waals surface area contributed by atoms with Gasteiger partial charge in [-0.25, -0.2) is 4.39 Å². The monoisotopic (exact) mass is 315 g/mol. The van der Waals surface area contributed by atoms with Gasteiger partial charge >= 0.3 is 0 Å². The third kappa shape index (κ3) is 3.68. The van der Waals surface area contributed by atoms with Crippen molar-refractivity contribution in [1.29, 1.82) is 0 Å². The number of halogens is 1. The molecule has 2 heterocycles. The first-order chi connectivity index (χ1) is 11.3. The fraction of sp³-hybridized carbons (Fsp3) is 0.250. The molecule has 0 saturated heterocycles. The molecule has 2 aromatic heterocycles. The van der Waals surface area contributed by atoms with Crippen molar-refractivity contribution in [3.05, 3.63) is 53.8 Å². The van der Waals surface area contributed by atoms with Crippen LogP contribution in [0.25, 0.3) is 10.9 Å². The van der Waals surface area contributed by atoms with Crippen LogP contribution in [0.1, 0.15) is 11.3 Å². The molecule has 0 aliphatic carbocycles. The molecule has 0 unspecified atom stereocenters. The van der Waals surface area contributed by atoms with Gasteiger partial charge in [0, 0.05) is 36.8 Å².